The molecule has 0 heterocycles. The lowest BCUT2D eigenvalue weighted by molar-refractivity contribution is -0.145. The van der Waals surface area contributed by atoms with E-state index in [1.54, 1.807) is 13.0 Å². The van der Waals surface area contributed by atoms with Gasteiger partial charge in [-0.15, -0.1) is 0 Å². The Kier molecular flexibility index (Phi) is 5.36. The number of esters is 1. The van der Waals surface area contributed by atoms with Gasteiger partial charge in [-0.1, -0.05) is 6.92 Å². The summed E-state index contributed by atoms with van der Waals surface area (Å²) in [6.07, 6.45) is 0.624. The highest BCUT2D eigenvalue weighted by Gasteiger charge is 2.13. The summed E-state index contributed by atoms with van der Waals surface area (Å²) in [5, 5.41) is 9.73. The molecule has 19 heavy (non-hydrogen) atoms. The lowest BCUT2D eigenvalue weighted by Gasteiger charge is -2.12. The summed E-state index contributed by atoms with van der Waals surface area (Å²) in [5.74, 6) is -0.453. The zero-order valence-corrected chi connectivity index (χ0v) is 11.4. The third-order valence-electron chi connectivity index (χ3n) is 2.59. The van der Waals surface area contributed by atoms with Crippen LogP contribution in [0.4, 0.5) is 0 Å². The van der Waals surface area contributed by atoms with Crippen LogP contribution >= 0.6 is 0 Å². The smallest absolute Gasteiger partial charge is 0.344 e. The molecular weight excluding hydrogens is 248 g/mol. The standard InChI is InChI=1S/C14H18O5/c1-4-10-6-11(9(3)15)12(16)7-13(10)19-8-14(17)18-5-2/h6-7,16H,4-5,8H2,1-3H3. The molecular formula is C14H18O5. The molecule has 1 aromatic carbocycles. The second-order valence-electron chi connectivity index (χ2n) is 3.98. The van der Waals surface area contributed by atoms with Crippen LogP contribution in [0.15, 0.2) is 12.1 Å². The van der Waals surface area contributed by atoms with Gasteiger partial charge in [-0.05, 0) is 31.9 Å². The van der Waals surface area contributed by atoms with Gasteiger partial charge >= 0.3 is 5.97 Å². The maximum atomic E-state index is 11.3. The van der Waals surface area contributed by atoms with Crippen molar-refractivity contribution in [3.8, 4) is 11.5 Å². The summed E-state index contributed by atoms with van der Waals surface area (Å²) >= 11 is 0. The lowest BCUT2D eigenvalue weighted by Crippen LogP contribution is -2.15. The minimum atomic E-state index is -0.473. The number of hydrogen-bond donors (Lipinski definition) is 1. The van der Waals surface area contributed by atoms with E-state index in [-0.39, 0.29) is 30.3 Å². The van der Waals surface area contributed by atoms with E-state index in [9.17, 15) is 14.7 Å². The van der Waals surface area contributed by atoms with Crippen molar-refractivity contribution >= 4 is 11.8 Å². The van der Waals surface area contributed by atoms with Crippen LogP contribution < -0.4 is 4.74 Å². The van der Waals surface area contributed by atoms with E-state index in [0.29, 0.717) is 12.2 Å². The summed E-state index contributed by atoms with van der Waals surface area (Å²) < 4.78 is 10.1. The maximum absolute atomic E-state index is 11.3. The fourth-order valence-electron chi connectivity index (χ4n) is 1.65. The Balaban J connectivity index is 2.92. The Labute approximate surface area is 112 Å². The van der Waals surface area contributed by atoms with Crippen molar-refractivity contribution in [1.29, 1.82) is 0 Å². The van der Waals surface area contributed by atoms with Crippen molar-refractivity contribution in [2.45, 2.75) is 27.2 Å². The summed E-state index contributed by atoms with van der Waals surface area (Å²) in [5.41, 5.74) is 1.01. The molecule has 0 bridgehead atoms. The van der Waals surface area contributed by atoms with Crippen molar-refractivity contribution < 1.29 is 24.2 Å². The van der Waals surface area contributed by atoms with Gasteiger partial charge in [0.1, 0.15) is 11.5 Å². The number of benzene rings is 1. The molecule has 1 rings (SSSR count). The molecule has 1 N–H and O–H groups in total. The van der Waals surface area contributed by atoms with Gasteiger partial charge in [0, 0.05) is 6.07 Å². The molecule has 5 nitrogen and oxygen atoms in total. The summed E-state index contributed by atoms with van der Waals surface area (Å²) in [4.78, 5) is 22.5. The molecule has 0 radical (unpaired) electrons. The number of carbonyl (C=O) groups is 2. The normalized spacial score (nSPS) is 10.1. The van der Waals surface area contributed by atoms with Crippen molar-refractivity contribution in [3.63, 3.8) is 0 Å². The highest BCUT2D eigenvalue weighted by atomic mass is 16.6. The van der Waals surface area contributed by atoms with Crippen LogP contribution in [-0.2, 0) is 16.0 Å². The fraction of sp³-hybridized carbons (Fsp3) is 0.429. The number of carbonyl (C=O) groups excluding carboxylic acids is 2. The van der Waals surface area contributed by atoms with E-state index in [1.807, 2.05) is 6.92 Å². The van der Waals surface area contributed by atoms with Gasteiger partial charge in [-0.2, -0.15) is 0 Å². The Bertz CT molecular complexity index is 479. The molecule has 5 heteroatoms. The van der Waals surface area contributed by atoms with Gasteiger partial charge in [0.15, 0.2) is 12.4 Å². The predicted octanol–water partition coefficient (Wildman–Crippen LogP) is 2.10. The summed E-state index contributed by atoms with van der Waals surface area (Å²) in [6.45, 7) is 5.06. The van der Waals surface area contributed by atoms with Crippen LogP contribution in [-0.4, -0.2) is 30.1 Å². The molecule has 0 saturated heterocycles. The SMILES string of the molecule is CCOC(=O)COc1cc(O)c(C(C)=O)cc1CC. The summed E-state index contributed by atoms with van der Waals surface area (Å²) in [6, 6.07) is 2.94. The number of phenols is 1. The molecule has 0 aliphatic rings. The minimum Gasteiger partial charge on any atom is -0.507 e. The number of hydrogen-bond acceptors (Lipinski definition) is 5. The first-order valence-corrected chi connectivity index (χ1v) is 6.14. The van der Waals surface area contributed by atoms with E-state index in [0.717, 1.165) is 5.56 Å². The molecule has 0 atom stereocenters. The first kappa shape index (κ1) is 15.0. The predicted molar refractivity (Wildman–Crippen MR) is 69.6 cm³/mol. The second kappa shape index (κ2) is 6.78. The highest BCUT2D eigenvalue weighted by Crippen LogP contribution is 2.29. The average molecular weight is 266 g/mol. The van der Waals surface area contributed by atoms with Gasteiger partial charge in [-0.3, -0.25) is 4.79 Å². The quantitative estimate of drug-likeness (QED) is 0.630. The maximum Gasteiger partial charge on any atom is 0.344 e. The van der Waals surface area contributed by atoms with Crippen LogP contribution in [0.1, 0.15) is 36.7 Å². The van der Waals surface area contributed by atoms with Gasteiger partial charge in [0.2, 0.25) is 0 Å². The molecule has 0 amide bonds. The highest BCUT2D eigenvalue weighted by molar-refractivity contribution is 5.97. The molecule has 1 aromatic rings. The van der Waals surface area contributed by atoms with E-state index in [1.165, 1.54) is 13.0 Å². The first-order valence-electron chi connectivity index (χ1n) is 6.14. The summed E-state index contributed by atoms with van der Waals surface area (Å²) in [7, 11) is 0. The number of rotatable bonds is 6. The topological polar surface area (TPSA) is 72.8 Å². The number of aryl methyl sites for hydroxylation is 1. The van der Waals surface area contributed by atoms with Gasteiger partial charge in [0.25, 0.3) is 0 Å². The van der Waals surface area contributed by atoms with Crippen molar-refractivity contribution in [2.24, 2.45) is 0 Å². The first-order chi connectivity index (χ1) is 8.99. The molecule has 0 spiro atoms. The number of aromatic hydroxyl groups is 1. The third kappa shape index (κ3) is 3.98. The molecule has 0 unspecified atom stereocenters. The Morgan fingerprint density at radius 1 is 1.26 bits per heavy atom. The van der Waals surface area contributed by atoms with E-state index >= 15 is 0 Å². The van der Waals surface area contributed by atoms with Crippen LogP contribution in [0.2, 0.25) is 0 Å². The van der Waals surface area contributed by atoms with Crippen LogP contribution in [0.3, 0.4) is 0 Å². The van der Waals surface area contributed by atoms with E-state index in [2.05, 4.69) is 0 Å². The average Bonchev–Trinajstić information content (AvgIpc) is 2.36. The molecule has 0 saturated carbocycles. The largest absolute Gasteiger partial charge is 0.507 e. The monoisotopic (exact) mass is 266 g/mol. The minimum absolute atomic E-state index is 0.149. The van der Waals surface area contributed by atoms with E-state index < -0.39 is 5.97 Å². The fourth-order valence-corrected chi connectivity index (χ4v) is 1.65. The van der Waals surface area contributed by atoms with E-state index in [4.69, 9.17) is 9.47 Å². The van der Waals surface area contributed by atoms with Crippen LogP contribution in [0.25, 0.3) is 0 Å². The molecule has 0 aromatic heterocycles. The molecule has 104 valence electrons. The molecule has 0 fully saturated rings. The van der Waals surface area contributed by atoms with Crippen molar-refractivity contribution in [3.05, 3.63) is 23.3 Å². The Morgan fingerprint density at radius 3 is 2.47 bits per heavy atom. The number of phenolic OH excluding ortho intramolecular Hbond substituents is 1. The van der Waals surface area contributed by atoms with Crippen LogP contribution in [0.5, 0.6) is 11.5 Å². The Hall–Kier alpha value is -2.04. The van der Waals surface area contributed by atoms with Gasteiger partial charge in [-0.25, -0.2) is 4.79 Å². The van der Waals surface area contributed by atoms with Crippen molar-refractivity contribution in [2.75, 3.05) is 13.2 Å². The second-order valence-corrected chi connectivity index (χ2v) is 3.98. The lowest BCUT2D eigenvalue weighted by atomic mass is 10.0. The van der Waals surface area contributed by atoms with Gasteiger partial charge in [0.05, 0.1) is 12.2 Å². The molecule has 0 aliphatic heterocycles. The Morgan fingerprint density at radius 2 is 1.95 bits per heavy atom. The third-order valence-corrected chi connectivity index (χ3v) is 2.59. The molecule has 0 aliphatic carbocycles. The zero-order valence-electron chi connectivity index (χ0n) is 11.4. The number of ketones is 1. The number of ether oxygens (including phenoxy) is 2. The zero-order chi connectivity index (χ0) is 14.4. The van der Waals surface area contributed by atoms with Crippen molar-refractivity contribution in [1.82, 2.24) is 0 Å². The number of Topliss-reactive ketones (excluding diaryl/α,β-unsaturated/α-hetero) is 1. The van der Waals surface area contributed by atoms with Gasteiger partial charge < -0.3 is 14.6 Å². The van der Waals surface area contributed by atoms with Crippen LogP contribution in [0, 0.1) is 0 Å².